The van der Waals surface area contributed by atoms with Crippen LogP contribution in [-0.2, 0) is 16.0 Å². The molecule has 23 heavy (non-hydrogen) atoms. The summed E-state index contributed by atoms with van der Waals surface area (Å²) >= 11 is 0. The highest BCUT2D eigenvalue weighted by Gasteiger charge is 2.30. The van der Waals surface area contributed by atoms with Crippen LogP contribution in [0.2, 0.25) is 0 Å². The van der Waals surface area contributed by atoms with E-state index in [1.54, 1.807) is 9.80 Å². The fourth-order valence-corrected chi connectivity index (χ4v) is 3.43. The molecule has 2 fully saturated rings. The first-order valence-corrected chi connectivity index (χ1v) is 8.57. The first kappa shape index (κ1) is 16.0. The molecule has 1 aromatic rings. The van der Waals surface area contributed by atoms with Crippen LogP contribution in [0.4, 0.5) is 0 Å². The quantitative estimate of drug-likeness (QED) is 0.825. The van der Waals surface area contributed by atoms with Gasteiger partial charge in [-0.2, -0.15) is 0 Å². The second-order valence-corrected chi connectivity index (χ2v) is 6.47. The monoisotopic (exact) mass is 315 g/mol. The Morgan fingerprint density at radius 3 is 2.09 bits per heavy atom. The lowest BCUT2D eigenvalue weighted by Crippen LogP contribution is -2.53. The van der Waals surface area contributed by atoms with Crippen molar-refractivity contribution in [1.82, 2.24) is 15.1 Å². The van der Waals surface area contributed by atoms with Gasteiger partial charge in [-0.25, -0.2) is 0 Å². The zero-order valence-electron chi connectivity index (χ0n) is 13.5. The van der Waals surface area contributed by atoms with Crippen molar-refractivity contribution in [1.29, 1.82) is 0 Å². The summed E-state index contributed by atoms with van der Waals surface area (Å²) in [6.45, 7) is 4.22. The van der Waals surface area contributed by atoms with Crippen LogP contribution in [0.5, 0.6) is 0 Å². The number of hydrogen-bond acceptors (Lipinski definition) is 3. The molecule has 0 bridgehead atoms. The third-order valence-corrected chi connectivity index (χ3v) is 4.86. The van der Waals surface area contributed by atoms with Crippen molar-refractivity contribution in [2.45, 2.75) is 19.3 Å². The largest absolute Gasteiger partial charge is 0.334 e. The van der Waals surface area contributed by atoms with Gasteiger partial charge in [0.1, 0.15) is 0 Å². The summed E-state index contributed by atoms with van der Waals surface area (Å²) in [5, 5.41) is 3.20. The molecule has 0 unspecified atom stereocenters. The molecule has 124 valence electrons. The maximum Gasteiger partial charge on any atom is 0.312 e. The van der Waals surface area contributed by atoms with Gasteiger partial charge < -0.3 is 15.1 Å². The molecule has 0 aromatic heterocycles. The second-order valence-electron chi connectivity index (χ2n) is 6.47. The number of carbonyl (C=O) groups is 2. The zero-order valence-corrected chi connectivity index (χ0v) is 13.5. The third-order valence-electron chi connectivity index (χ3n) is 4.86. The number of hydrogen-bond donors (Lipinski definition) is 1. The number of carbonyl (C=O) groups excluding carboxylic acids is 2. The number of amides is 2. The number of nitrogens with zero attached hydrogens (tertiary/aromatic N) is 2. The van der Waals surface area contributed by atoms with Crippen LogP contribution in [0, 0.1) is 5.92 Å². The molecule has 2 amide bonds. The van der Waals surface area contributed by atoms with Crippen LogP contribution in [0.3, 0.4) is 0 Å². The lowest BCUT2D eigenvalue weighted by molar-refractivity contribution is -0.153. The normalized spacial score (nSPS) is 19.7. The Bertz CT molecular complexity index is 532. The fraction of sp³-hybridized carbons (Fsp3) is 0.556. The van der Waals surface area contributed by atoms with Gasteiger partial charge in [-0.1, -0.05) is 30.3 Å². The molecule has 1 aromatic carbocycles. The molecule has 0 aliphatic carbocycles. The van der Waals surface area contributed by atoms with E-state index in [4.69, 9.17) is 0 Å². The number of likely N-dealkylation sites (tertiary alicyclic amines) is 1. The number of piperidine rings is 1. The summed E-state index contributed by atoms with van der Waals surface area (Å²) in [7, 11) is 0. The molecule has 5 nitrogen and oxygen atoms in total. The Balaban J connectivity index is 1.48. The molecule has 3 rings (SSSR count). The van der Waals surface area contributed by atoms with E-state index in [0.717, 1.165) is 32.4 Å². The minimum Gasteiger partial charge on any atom is -0.334 e. The first-order chi connectivity index (χ1) is 11.2. The van der Waals surface area contributed by atoms with Gasteiger partial charge in [-0.15, -0.1) is 0 Å². The van der Waals surface area contributed by atoms with Crippen LogP contribution >= 0.6 is 0 Å². The summed E-state index contributed by atoms with van der Waals surface area (Å²) < 4.78 is 0. The Hall–Kier alpha value is -1.88. The molecule has 1 N–H and O–H groups in total. The highest BCUT2D eigenvalue weighted by molar-refractivity contribution is 6.34. The Labute approximate surface area is 137 Å². The summed E-state index contributed by atoms with van der Waals surface area (Å²) in [4.78, 5) is 28.1. The van der Waals surface area contributed by atoms with E-state index < -0.39 is 0 Å². The van der Waals surface area contributed by atoms with Crippen LogP contribution in [-0.4, -0.2) is 60.9 Å². The summed E-state index contributed by atoms with van der Waals surface area (Å²) in [6.07, 6.45) is 3.03. The Morgan fingerprint density at radius 1 is 0.913 bits per heavy atom. The lowest BCUT2D eigenvalue weighted by atomic mass is 9.90. The number of nitrogens with one attached hydrogen (secondary N) is 1. The van der Waals surface area contributed by atoms with Crippen LogP contribution in [0.25, 0.3) is 0 Å². The molecule has 0 spiro atoms. The van der Waals surface area contributed by atoms with E-state index in [9.17, 15) is 9.59 Å². The molecule has 0 radical (unpaired) electrons. The molecule has 5 heteroatoms. The molecule has 2 aliphatic heterocycles. The summed E-state index contributed by atoms with van der Waals surface area (Å²) in [6, 6.07) is 10.5. The van der Waals surface area contributed by atoms with Gasteiger partial charge in [-0.3, -0.25) is 9.59 Å². The van der Waals surface area contributed by atoms with Crippen molar-refractivity contribution in [3.8, 4) is 0 Å². The van der Waals surface area contributed by atoms with E-state index in [0.29, 0.717) is 32.1 Å². The fourth-order valence-electron chi connectivity index (χ4n) is 3.43. The summed E-state index contributed by atoms with van der Waals surface area (Å²) in [5.74, 6) is -0.0335. The third kappa shape index (κ3) is 4.10. The highest BCUT2D eigenvalue weighted by Crippen LogP contribution is 2.22. The Kier molecular flexibility index (Phi) is 5.28. The van der Waals surface area contributed by atoms with Crippen molar-refractivity contribution in [3.63, 3.8) is 0 Å². The molecule has 0 saturated carbocycles. The van der Waals surface area contributed by atoms with E-state index in [1.165, 1.54) is 5.56 Å². The van der Waals surface area contributed by atoms with Crippen molar-refractivity contribution >= 4 is 11.8 Å². The van der Waals surface area contributed by atoms with E-state index in [-0.39, 0.29) is 11.8 Å². The van der Waals surface area contributed by atoms with Gasteiger partial charge in [0, 0.05) is 39.3 Å². The highest BCUT2D eigenvalue weighted by atomic mass is 16.2. The van der Waals surface area contributed by atoms with Gasteiger partial charge in [-0.05, 0) is 30.7 Å². The van der Waals surface area contributed by atoms with Gasteiger partial charge >= 0.3 is 11.8 Å². The lowest BCUT2D eigenvalue weighted by Gasteiger charge is -2.34. The topological polar surface area (TPSA) is 52.7 Å². The average Bonchev–Trinajstić information content (AvgIpc) is 2.63. The predicted molar refractivity (Wildman–Crippen MR) is 88.9 cm³/mol. The van der Waals surface area contributed by atoms with Crippen LogP contribution < -0.4 is 5.32 Å². The Morgan fingerprint density at radius 2 is 1.48 bits per heavy atom. The maximum atomic E-state index is 12.4. The second kappa shape index (κ2) is 7.59. The SMILES string of the molecule is O=C(C(=O)N1CCC(Cc2ccccc2)CC1)N1CCNCC1. The van der Waals surface area contributed by atoms with Crippen LogP contribution in [0.1, 0.15) is 18.4 Å². The molecule has 0 atom stereocenters. The van der Waals surface area contributed by atoms with Gasteiger partial charge in [0.2, 0.25) is 0 Å². The number of piperazine rings is 1. The van der Waals surface area contributed by atoms with Crippen molar-refractivity contribution < 1.29 is 9.59 Å². The maximum absolute atomic E-state index is 12.4. The minimum atomic E-state index is -0.326. The number of benzene rings is 1. The van der Waals surface area contributed by atoms with Crippen molar-refractivity contribution in [2.75, 3.05) is 39.3 Å². The van der Waals surface area contributed by atoms with Gasteiger partial charge in [0.25, 0.3) is 0 Å². The first-order valence-electron chi connectivity index (χ1n) is 8.57. The average molecular weight is 315 g/mol. The molecule has 2 saturated heterocycles. The smallest absolute Gasteiger partial charge is 0.312 e. The molecular weight excluding hydrogens is 290 g/mol. The van der Waals surface area contributed by atoms with Gasteiger partial charge in [0.15, 0.2) is 0 Å². The van der Waals surface area contributed by atoms with Crippen molar-refractivity contribution in [2.24, 2.45) is 5.92 Å². The summed E-state index contributed by atoms with van der Waals surface area (Å²) in [5.41, 5.74) is 1.36. The zero-order chi connectivity index (χ0) is 16.1. The van der Waals surface area contributed by atoms with E-state index in [1.807, 2.05) is 6.07 Å². The van der Waals surface area contributed by atoms with Crippen molar-refractivity contribution in [3.05, 3.63) is 35.9 Å². The molecule has 2 aliphatic rings. The number of rotatable bonds is 2. The standard InChI is InChI=1S/C18H25N3O2/c22-17(18(23)21-12-8-19-9-13-21)20-10-6-16(7-11-20)14-15-4-2-1-3-5-15/h1-5,16,19H,6-14H2. The molecule has 2 heterocycles. The van der Waals surface area contributed by atoms with E-state index >= 15 is 0 Å². The molecular formula is C18H25N3O2. The van der Waals surface area contributed by atoms with Gasteiger partial charge in [0.05, 0.1) is 0 Å². The van der Waals surface area contributed by atoms with Crippen LogP contribution in [0.15, 0.2) is 30.3 Å². The van der Waals surface area contributed by atoms with E-state index in [2.05, 4.69) is 29.6 Å². The predicted octanol–water partition coefficient (Wildman–Crippen LogP) is 0.900. The minimum absolute atomic E-state index is 0.315.